The Labute approximate surface area is 137 Å². The third-order valence-electron chi connectivity index (χ3n) is 3.52. The molecule has 0 amide bonds. The molecule has 0 heterocycles. The topological polar surface area (TPSA) is 41.5 Å². The lowest BCUT2D eigenvalue weighted by molar-refractivity contribution is 0.684. The minimum atomic E-state index is -2.18. The number of hydrogen-bond acceptors (Lipinski definition) is 3. The van der Waals surface area contributed by atoms with Crippen LogP contribution in [0.3, 0.4) is 0 Å². The average molecular weight is 324 g/mol. The molecule has 0 unspecified atom stereocenters. The minimum absolute atomic E-state index is 0.700. The molecular formula is C19H20N2OS. The van der Waals surface area contributed by atoms with Crippen molar-refractivity contribution in [2.45, 2.75) is 6.54 Å². The molecule has 0 saturated carbocycles. The zero-order valence-corrected chi connectivity index (χ0v) is 14.1. The number of nitrogens with one attached hydrogen (secondary N) is 1. The first-order chi connectivity index (χ1) is 11.0. The first kappa shape index (κ1) is 15.6. The maximum absolute atomic E-state index is 11.9. The van der Waals surface area contributed by atoms with Gasteiger partial charge in [-0.25, -0.2) is 4.21 Å². The maximum atomic E-state index is 11.9. The van der Waals surface area contributed by atoms with Crippen LogP contribution in [0.2, 0.25) is 0 Å². The van der Waals surface area contributed by atoms with E-state index < -0.39 is 9.73 Å². The van der Waals surface area contributed by atoms with E-state index >= 15 is 0 Å². The third-order valence-corrected chi connectivity index (χ3v) is 4.16. The van der Waals surface area contributed by atoms with Crippen LogP contribution in [0, 0.1) is 0 Å². The Morgan fingerprint density at radius 2 is 1.61 bits per heavy atom. The Morgan fingerprint density at radius 3 is 2.39 bits per heavy atom. The van der Waals surface area contributed by atoms with Gasteiger partial charge in [-0.3, -0.25) is 0 Å². The van der Waals surface area contributed by atoms with Crippen molar-refractivity contribution in [3.8, 4) is 0 Å². The zero-order chi connectivity index (χ0) is 16.3. The normalized spacial score (nSPS) is 11.4. The maximum Gasteiger partial charge on any atom is 0.0961 e. The Kier molecular flexibility index (Phi) is 4.35. The van der Waals surface area contributed by atoms with E-state index in [2.05, 4.69) is 40.0 Å². The molecule has 118 valence electrons. The monoisotopic (exact) mass is 324 g/mol. The van der Waals surface area contributed by atoms with Crippen molar-refractivity contribution in [1.29, 1.82) is 0 Å². The molecule has 0 bridgehead atoms. The van der Waals surface area contributed by atoms with Crippen LogP contribution in [-0.2, 0) is 16.3 Å². The molecule has 3 rings (SSSR count). The molecule has 0 spiro atoms. The number of nitrogens with zero attached hydrogens (tertiary/aromatic N) is 1. The number of hydrogen-bond donors (Lipinski definition) is 1. The summed E-state index contributed by atoms with van der Waals surface area (Å²) < 4.78 is 16.3. The highest BCUT2D eigenvalue weighted by atomic mass is 32.2. The van der Waals surface area contributed by atoms with E-state index in [0.29, 0.717) is 6.54 Å². The summed E-state index contributed by atoms with van der Waals surface area (Å²) in [5, 5.41) is 5.87. The molecule has 3 nitrogen and oxygen atoms in total. The summed E-state index contributed by atoms with van der Waals surface area (Å²) in [4.78, 5) is 0. The number of fused-ring (bicyclic) bond motifs is 1. The highest BCUT2D eigenvalue weighted by Crippen LogP contribution is 2.26. The molecule has 1 N–H and O–H groups in total. The molecular weight excluding hydrogens is 304 g/mol. The summed E-state index contributed by atoms with van der Waals surface area (Å²) in [6.45, 7) is 0.700. The first-order valence-electron chi connectivity index (χ1n) is 7.49. The van der Waals surface area contributed by atoms with E-state index in [4.69, 9.17) is 0 Å². The van der Waals surface area contributed by atoms with Gasteiger partial charge in [-0.2, -0.15) is 4.36 Å². The van der Waals surface area contributed by atoms with Gasteiger partial charge in [0.25, 0.3) is 0 Å². The zero-order valence-electron chi connectivity index (χ0n) is 13.3. The van der Waals surface area contributed by atoms with Crippen LogP contribution in [-0.4, -0.2) is 16.7 Å². The quantitative estimate of drug-likeness (QED) is 0.748. The van der Waals surface area contributed by atoms with Crippen LogP contribution < -0.4 is 5.32 Å². The smallest absolute Gasteiger partial charge is 0.0961 e. The lowest BCUT2D eigenvalue weighted by atomic mass is 10.1. The molecule has 3 aromatic carbocycles. The van der Waals surface area contributed by atoms with Crippen molar-refractivity contribution >= 4 is 31.9 Å². The largest absolute Gasteiger partial charge is 0.379 e. The van der Waals surface area contributed by atoms with Crippen molar-refractivity contribution in [2.24, 2.45) is 4.36 Å². The molecule has 0 aromatic heterocycles. The lowest BCUT2D eigenvalue weighted by Crippen LogP contribution is -2.00. The molecule has 0 aliphatic heterocycles. The van der Waals surface area contributed by atoms with Crippen LogP contribution in [0.5, 0.6) is 0 Å². The fourth-order valence-corrected chi connectivity index (χ4v) is 3.12. The highest BCUT2D eigenvalue weighted by molar-refractivity contribution is 7.92. The van der Waals surface area contributed by atoms with Crippen molar-refractivity contribution in [1.82, 2.24) is 0 Å². The fraction of sp³-hybridized carbons (Fsp3) is 0.158. The minimum Gasteiger partial charge on any atom is -0.379 e. The summed E-state index contributed by atoms with van der Waals surface area (Å²) in [6.07, 6.45) is 3.29. The predicted molar refractivity (Wildman–Crippen MR) is 99.8 cm³/mol. The van der Waals surface area contributed by atoms with E-state index in [1.807, 2.05) is 36.4 Å². The molecule has 0 radical (unpaired) electrons. The molecule has 3 aromatic rings. The molecule has 0 aliphatic carbocycles. The molecule has 0 saturated heterocycles. The van der Waals surface area contributed by atoms with Crippen LogP contribution in [0.25, 0.3) is 10.8 Å². The summed E-state index contributed by atoms with van der Waals surface area (Å²) in [6, 6.07) is 22.5. The van der Waals surface area contributed by atoms with Gasteiger partial charge in [0.15, 0.2) is 0 Å². The van der Waals surface area contributed by atoms with Crippen molar-refractivity contribution < 1.29 is 4.21 Å². The molecule has 23 heavy (non-hydrogen) atoms. The summed E-state index contributed by atoms with van der Waals surface area (Å²) in [5.74, 6) is 0. The van der Waals surface area contributed by atoms with Crippen molar-refractivity contribution in [3.05, 3.63) is 72.3 Å². The van der Waals surface area contributed by atoms with E-state index in [1.54, 1.807) is 12.5 Å². The van der Waals surface area contributed by atoms with E-state index in [-0.39, 0.29) is 0 Å². The second kappa shape index (κ2) is 6.42. The highest BCUT2D eigenvalue weighted by Gasteiger charge is 2.03. The van der Waals surface area contributed by atoms with Gasteiger partial charge in [-0.05, 0) is 34.5 Å². The summed E-state index contributed by atoms with van der Waals surface area (Å²) >= 11 is 0. The van der Waals surface area contributed by atoms with Gasteiger partial charge < -0.3 is 5.32 Å². The first-order valence-corrected chi connectivity index (χ1v) is 9.82. The summed E-state index contributed by atoms with van der Waals surface area (Å²) in [5.41, 5.74) is 2.84. The molecule has 4 heteroatoms. The number of rotatable bonds is 4. The van der Waals surface area contributed by atoms with Gasteiger partial charge in [-0.15, -0.1) is 0 Å². The number of anilines is 1. The van der Waals surface area contributed by atoms with Gasteiger partial charge in [0.1, 0.15) is 0 Å². The van der Waals surface area contributed by atoms with Gasteiger partial charge in [0, 0.05) is 28.8 Å². The van der Waals surface area contributed by atoms with Crippen LogP contribution in [0.4, 0.5) is 11.4 Å². The van der Waals surface area contributed by atoms with Gasteiger partial charge in [-0.1, -0.05) is 48.5 Å². The fourth-order valence-electron chi connectivity index (χ4n) is 2.49. The Hall–Kier alpha value is -2.33. The predicted octanol–water partition coefficient (Wildman–Crippen LogP) is 4.81. The second-order valence-corrected chi connectivity index (χ2v) is 8.37. The van der Waals surface area contributed by atoms with E-state index in [0.717, 1.165) is 11.4 Å². The molecule has 0 atom stereocenters. The van der Waals surface area contributed by atoms with E-state index in [9.17, 15) is 4.21 Å². The van der Waals surface area contributed by atoms with Crippen LogP contribution in [0.15, 0.2) is 71.1 Å². The second-order valence-electron chi connectivity index (χ2n) is 5.82. The SMILES string of the molecule is CS(C)(=O)=Nc1ccccc1NCc1ccc2ccccc2c1. The van der Waals surface area contributed by atoms with Gasteiger partial charge in [0.05, 0.1) is 11.4 Å². The van der Waals surface area contributed by atoms with E-state index in [1.165, 1.54) is 16.3 Å². The van der Waals surface area contributed by atoms with Crippen molar-refractivity contribution in [2.75, 3.05) is 17.8 Å². The average Bonchev–Trinajstić information content (AvgIpc) is 2.52. The number of benzene rings is 3. The standard InChI is InChI=1S/C19H20N2OS/c1-23(2,22)21-19-10-6-5-9-18(19)20-14-15-11-12-16-7-3-4-8-17(16)13-15/h3-13,20H,14H2,1-2H3. The van der Waals surface area contributed by atoms with Crippen LogP contribution >= 0.6 is 0 Å². The third kappa shape index (κ3) is 4.11. The molecule has 0 fully saturated rings. The van der Waals surface area contributed by atoms with Gasteiger partial charge >= 0.3 is 0 Å². The summed E-state index contributed by atoms with van der Waals surface area (Å²) in [7, 11) is -2.18. The van der Waals surface area contributed by atoms with Crippen molar-refractivity contribution in [3.63, 3.8) is 0 Å². The Bertz CT molecular complexity index is 948. The van der Waals surface area contributed by atoms with Crippen LogP contribution in [0.1, 0.15) is 5.56 Å². The van der Waals surface area contributed by atoms with Gasteiger partial charge in [0.2, 0.25) is 0 Å². The Morgan fingerprint density at radius 1 is 0.913 bits per heavy atom. The Balaban J connectivity index is 1.84. The number of para-hydroxylation sites is 1. The molecule has 0 aliphatic rings. The lowest BCUT2D eigenvalue weighted by Gasteiger charge is -2.10.